The Morgan fingerprint density at radius 1 is 1.04 bits per heavy atom. The van der Waals surface area contributed by atoms with Gasteiger partial charge in [0.15, 0.2) is 11.5 Å². The van der Waals surface area contributed by atoms with Gasteiger partial charge in [0, 0.05) is 17.3 Å². The Balaban J connectivity index is 1.42. The molecule has 4 rings (SSSR count). The lowest BCUT2D eigenvalue weighted by Gasteiger charge is -2.09. The van der Waals surface area contributed by atoms with Crippen molar-refractivity contribution in [2.75, 3.05) is 24.5 Å². The standard InChI is InChI=1S/C20H17N3O4/c1-25-16-4-2-3-13(9-16)20(24)23-19-8-6-15(11-21-19)22-14-5-7-17-18(10-14)27-12-26-17/h2-11,22H,12H2,1H3,(H,21,23,24). The monoisotopic (exact) mass is 363 g/mol. The Morgan fingerprint density at radius 2 is 1.89 bits per heavy atom. The smallest absolute Gasteiger partial charge is 0.256 e. The number of benzene rings is 2. The lowest BCUT2D eigenvalue weighted by Crippen LogP contribution is -2.12. The third kappa shape index (κ3) is 3.77. The third-order valence-corrected chi connectivity index (χ3v) is 4.00. The van der Waals surface area contributed by atoms with Crippen molar-refractivity contribution in [3.8, 4) is 17.2 Å². The second-order valence-electron chi connectivity index (χ2n) is 5.81. The Kier molecular flexibility index (Phi) is 4.49. The van der Waals surface area contributed by atoms with Crippen molar-refractivity contribution in [3.05, 3.63) is 66.4 Å². The summed E-state index contributed by atoms with van der Waals surface area (Å²) in [4.78, 5) is 16.6. The third-order valence-electron chi connectivity index (χ3n) is 4.00. The van der Waals surface area contributed by atoms with Gasteiger partial charge in [-0.3, -0.25) is 4.79 Å². The predicted molar refractivity (Wildman–Crippen MR) is 101 cm³/mol. The van der Waals surface area contributed by atoms with Crippen molar-refractivity contribution in [3.63, 3.8) is 0 Å². The highest BCUT2D eigenvalue weighted by Crippen LogP contribution is 2.35. The topological polar surface area (TPSA) is 81.7 Å². The van der Waals surface area contributed by atoms with E-state index in [4.69, 9.17) is 14.2 Å². The van der Waals surface area contributed by atoms with Crippen molar-refractivity contribution in [2.24, 2.45) is 0 Å². The fourth-order valence-electron chi connectivity index (χ4n) is 2.64. The Morgan fingerprint density at radius 3 is 2.70 bits per heavy atom. The number of nitrogens with one attached hydrogen (secondary N) is 2. The van der Waals surface area contributed by atoms with Crippen LogP contribution >= 0.6 is 0 Å². The molecule has 7 nitrogen and oxygen atoms in total. The molecule has 0 fully saturated rings. The van der Waals surface area contributed by atoms with Gasteiger partial charge in [0.1, 0.15) is 11.6 Å². The number of ether oxygens (including phenoxy) is 3. The molecule has 0 bridgehead atoms. The molecule has 2 aromatic carbocycles. The van der Waals surface area contributed by atoms with E-state index in [9.17, 15) is 4.79 Å². The second-order valence-corrected chi connectivity index (χ2v) is 5.81. The van der Waals surface area contributed by atoms with Crippen molar-refractivity contribution in [1.82, 2.24) is 4.98 Å². The molecule has 0 unspecified atom stereocenters. The minimum absolute atomic E-state index is 0.238. The molecule has 2 N–H and O–H groups in total. The summed E-state index contributed by atoms with van der Waals surface area (Å²) < 4.78 is 15.8. The van der Waals surface area contributed by atoms with E-state index in [2.05, 4.69) is 15.6 Å². The van der Waals surface area contributed by atoms with Crippen molar-refractivity contribution in [1.29, 1.82) is 0 Å². The Hall–Kier alpha value is -3.74. The zero-order valence-electron chi connectivity index (χ0n) is 14.6. The van der Waals surface area contributed by atoms with Crippen LogP contribution < -0.4 is 24.8 Å². The van der Waals surface area contributed by atoms with Gasteiger partial charge in [0.25, 0.3) is 5.91 Å². The number of carbonyl (C=O) groups excluding carboxylic acids is 1. The zero-order chi connectivity index (χ0) is 18.6. The van der Waals surface area contributed by atoms with E-state index in [1.54, 1.807) is 43.6 Å². The Bertz CT molecular complexity index is 973. The highest BCUT2D eigenvalue weighted by Gasteiger charge is 2.13. The maximum absolute atomic E-state index is 12.3. The van der Waals surface area contributed by atoms with Gasteiger partial charge in [0.05, 0.1) is 19.0 Å². The molecule has 1 amide bonds. The summed E-state index contributed by atoms with van der Waals surface area (Å²) in [7, 11) is 1.56. The summed E-state index contributed by atoms with van der Waals surface area (Å²) >= 11 is 0. The number of methoxy groups -OCH3 is 1. The van der Waals surface area contributed by atoms with Crippen LogP contribution in [0.4, 0.5) is 17.2 Å². The van der Waals surface area contributed by atoms with Crippen LogP contribution in [0.25, 0.3) is 0 Å². The summed E-state index contributed by atoms with van der Waals surface area (Å²) in [6, 6.07) is 16.1. The van der Waals surface area contributed by atoms with Gasteiger partial charge in [-0.2, -0.15) is 0 Å². The fourth-order valence-corrected chi connectivity index (χ4v) is 2.64. The molecule has 0 spiro atoms. The van der Waals surface area contributed by atoms with Gasteiger partial charge in [-0.25, -0.2) is 4.98 Å². The summed E-state index contributed by atoms with van der Waals surface area (Å²) in [5.74, 6) is 2.26. The fraction of sp³-hybridized carbons (Fsp3) is 0.100. The van der Waals surface area contributed by atoms with E-state index >= 15 is 0 Å². The molecule has 2 heterocycles. The van der Waals surface area contributed by atoms with E-state index in [0.29, 0.717) is 22.9 Å². The molecule has 7 heteroatoms. The van der Waals surface area contributed by atoms with Crippen LogP contribution in [0.5, 0.6) is 17.2 Å². The van der Waals surface area contributed by atoms with Crippen molar-refractivity contribution in [2.45, 2.75) is 0 Å². The summed E-state index contributed by atoms with van der Waals surface area (Å²) in [6.45, 7) is 0.238. The van der Waals surface area contributed by atoms with E-state index in [-0.39, 0.29) is 12.7 Å². The summed E-state index contributed by atoms with van der Waals surface area (Å²) in [6.07, 6.45) is 1.64. The summed E-state index contributed by atoms with van der Waals surface area (Å²) in [5, 5.41) is 6.00. The van der Waals surface area contributed by atoms with Crippen LogP contribution in [0.2, 0.25) is 0 Å². The minimum Gasteiger partial charge on any atom is -0.497 e. The van der Waals surface area contributed by atoms with Crippen LogP contribution in [0.15, 0.2) is 60.8 Å². The molecule has 0 atom stereocenters. The molecule has 0 saturated heterocycles. The quantitative estimate of drug-likeness (QED) is 0.717. The number of anilines is 3. The maximum Gasteiger partial charge on any atom is 0.256 e. The SMILES string of the molecule is COc1cccc(C(=O)Nc2ccc(Nc3ccc4c(c3)OCO4)cn2)c1. The van der Waals surface area contributed by atoms with E-state index < -0.39 is 0 Å². The van der Waals surface area contributed by atoms with Gasteiger partial charge in [-0.1, -0.05) is 6.07 Å². The second kappa shape index (κ2) is 7.25. The number of pyridine rings is 1. The molecule has 136 valence electrons. The van der Waals surface area contributed by atoms with Crippen LogP contribution in [0, 0.1) is 0 Å². The molecule has 0 aliphatic carbocycles. The Labute approximate surface area is 155 Å². The number of amides is 1. The first-order valence-electron chi connectivity index (χ1n) is 8.29. The average molecular weight is 363 g/mol. The zero-order valence-corrected chi connectivity index (χ0v) is 14.6. The van der Waals surface area contributed by atoms with Crippen LogP contribution in [-0.4, -0.2) is 24.8 Å². The highest BCUT2D eigenvalue weighted by molar-refractivity contribution is 6.04. The van der Waals surface area contributed by atoms with Crippen molar-refractivity contribution < 1.29 is 19.0 Å². The van der Waals surface area contributed by atoms with Gasteiger partial charge in [-0.15, -0.1) is 0 Å². The lowest BCUT2D eigenvalue weighted by atomic mass is 10.2. The summed E-state index contributed by atoms with van der Waals surface area (Å²) in [5.41, 5.74) is 2.14. The normalized spacial score (nSPS) is 11.7. The van der Waals surface area contributed by atoms with E-state index in [1.165, 1.54) is 0 Å². The van der Waals surface area contributed by atoms with Crippen LogP contribution in [0.1, 0.15) is 10.4 Å². The molecule has 1 aliphatic heterocycles. The highest BCUT2D eigenvalue weighted by atomic mass is 16.7. The first kappa shape index (κ1) is 16.7. The number of carbonyl (C=O) groups is 1. The molecule has 27 heavy (non-hydrogen) atoms. The molecule has 0 radical (unpaired) electrons. The number of rotatable bonds is 5. The number of nitrogens with zero attached hydrogens (tertiary/aromatic N) is 1. The molecule has 3 aromatic rings. The van der Waals surface area contributed by atoms with Gasteiger partial charge in [0.2, 0.25) is 6.79 Å². The lowest BCUT2D eigenvalue weighted by molar-refractivity contribution is 0.102. The van der Waals surface area contributed by atoms with Crippen molar-refractivity contribution >= 4 is 23.1 Å². The van der Waals surface area contributed by atoms with E-state index in [1.807, 2.05) is 24.3 Å². The molecular formula is C20H17N3O4. The molecular weight excluding hydrogens is 346 g/mol. The number of hydrogen-bond donors (Lipinski definition) is 2. The number of aromatic nitrogens is 1. The van der Waals surface area contributed by atoms with Gasteiger partial charge >= 0.3 is 0 Å². The first-order chi connectivity index (χ1) is 13.2. The van der Waals surface area contributed by atoms with Gasteiger partial charge in [-0.05, 0) is 42.5 Å². The minimum atomic E-state index is -0.252. The largest absolute Gasteiger partial charge is 0.497 e. The average Bonchev–Trinajstić information content (AvgIpc) is 3.17. The van der Waals surface area contributed by atoms with E-state index in [0.717, 1.165) is 17.1 Å². The molecule has 1 aliphatic rings. The maximum atomic E-state index is 12.3. The molecule has 0 saturated carbocycles. The predicted octanol–water partition coefficient (Wildman–Crippen LogP) is 3.81. The van der Waals surface area contributed by atoms with Crippen LogP contribution in [0.3, 0.4) is 0 Å². The van der Waals surface area contributed by atoms with Gasteiger partial charge < -0.3 is 24.8 Å². The number of fused-ring (bicyclic) bond motifs is 1. The number of hydrogen-bond acceptors (Lipinski definition) is 6. The molecule has 1 aromatic heterocycles. The first-order valence-corrected chi connectivity index (χ1v) is 8.29. The van der Waals surface area contributed by atoms with Crippen LogP contribution in [-0.2, 0) is 0 Å².